The molecule has 170 valence electrons. The van der Waals surface area contributed by atoms with E-state index in [1.165, 1.54) is 7.11 Å². The van der Waals surface area contributed by atoms with E-state index in [1.54, 1.807) is 19.2 Å². The van der Waals surface area contributed by atoms with Gasteiger partial charge < -0.3 is 14.0 Å². The van der Waals surface area contributed by atoms with Crippen molar-refractivity contribution in [3.63, 3.8) is 0 Å². The van der Waals surface area contributed by atoms with Crippen LogP contribution in [0, 0.1) is 32.1 Å². The SMILES string of the molecule is COCc1cc(C)nc(OCC(=O)N/N=C\c2cc(C)n(-c3ccc(Cl)cc3)c2C)c1C#N. The van der Waals surface area contributed by atoms with E-state index in [-0.39, 0.29) is 24.7 Å². The molecule has 0 radical (unpaired) electrons. The van der Waals surface area contributed by atoms with Gasteiger partial charge in [-0.2, -0.15) is 10.4 Å². The number of rotatable bonds is 8. The van der Waals surface area contributed by atoms with Crippen LogP contribution in [0.5, 0.6) is 5.88 Å². The first-order chi connectivity index (χ1) is 15.8. The van der Waals surface area contributed by atoms with E-state index in [4.69, 9.17) is 21.1 Å². The van der Waals surface area contributed by atoms with Crippen LogP contribution in [0.15, 0.2) is 41.5 Å². The summed E-state index contributed by atoms with van der Waals surface area (Å²) in [6.07, 6.45) is 1.58. The zero-order chi connectivity index (χ0) is 24.0. The number of hydrogen-bond donors (Lipinski definition) is 1. The molecule has 9 heteroatoms. The zero-order valence-corrected chi connectivity index (χ0v) is 19.6. The number of carbonyl (C=O) groups is 1. The molecule has 3 rings (SSSR count). The summed E-state index contributed by atoms with van der Waals surface area (Å²) in [6, 6.07) is 13.3. The minimum atomic E-state index is -0.474. The lowest BCUT2D eigenvalue weighted by molar-refractivity contribution is -0.123. The number of benzene rings is 1. The molecule has 0 spiro atoms. The molecule has 33 heavy (non-hydrogen) atoms. The molecular weight excluding hydrogens is 442 g/mol. The molecule has 1 aromatic carbocycles. The van der Waals surface area contributed by atoms with Crippen molar-refractivity contribution in [3.8, 4) is 17.6 Å². The summed E-state index contributed by atoms with van der Waals surface area (Å²) in [5.41, 5.74) is 7.83. The molecule has 0 bridgehead atoms. The number of ether oxygens (including phenoxy) is 2. The highest BCUT2D eigenvalue weighted by molar-refractivity contribution is 6.30. The molecule has 0 atom stereocenters. The Morgan fingerprint density at radius 2 is 2.00 bits per heavy atom. The summed E-state index contributed by atoms with van der Waals surface area (Å²) in [6.45, 7) is 5.65. The molecule has 0 unspecified atom stereocenters. The zero-order valence-electron chi connectivity index (χ0n) is 18.8. The summed E-state index contributed by atoms with van der Waals surface area (Å²) < 4.78 is 12.7. The minimum absolute atomic E-state index is 0.0928. The fraction of sp³-hybridized carbons (Fsp3) is 0.250. The molecule has 1 amide bonds. The quantitative estimate of drug-likeness (QED) is 0.400. The monoisotopic (exact) mass is 465 g/mol. The van der Waals surface area contributed by atoms with Crippen molar-refractivity contribution >= 4 is 23.7 Å². The van der Waals surface area contributed by atoms with Crippen molar-refractivity contribution in [1.29, 1.82) is 5.26 Å². The Kier molecular flexibility index (Phi) is 7.83. The van der Waals surface area contributed by atoms with Crippen LogP contribution in [0.3, 0.4) is 0 Å². The lowest BCUT2D eigenvalue weighted by Gasteiger charge is -2.10. The van der Waals surface area contributed by atoms with Gasteiger partial charge in [0.1, 0.15) is 11.6 Å². The second kappa shape index (κ2) is 10.8. The van der Waals surface area contributed by atoms with E-state index < -0.39 is 5.91 Å². The largest absolute Gasteiger partial charge is 0.467 e. The van der Waals surface area contributed by atoms with Crippen molar-refractivity contribution < 1.29 is 14.3 Å². The van der Waals surface area contributed by atoms with E-state index in [0.717, 1.165) is 22.6 Å². The third kappa shape index (κ3) is 5.77. The molecule has 0 aliphatic heterocycles. The molecule has 0 saturated heterocycles. The Balaban J connectivity index is 1.65. The average Bonchev–Trinajstić information content (AvgIpc) is 3.06. The number of amides is 1. The van der Waals surface area contributed by atoms with Gasteiger partial charge in [-0.3, -0.25) is 4.79 Å². The highest BCUT2D eigenvalue weighted by Crippen LogP contribution is 2.22. The molecule has 8 nitrogen and oxygen atoms in total. The van der Waals surface area contributed by atoms with Gasteiger partial charge in [-0.1, -0.05) is 11.6 Å². The van der Waals surface area contributed by atoms with Gasteiger partial charge >= 0.3 is 0 Å². The van der Waals surface area contributed by atoms with Gasteiger partial charge in [0.05, 0.1) is 12.8 Å². The summed E-state index contributed by atoms with van der Waals surface area (Å²) in [5, 5.41) is 14.1. The highest BCUT2D eigenvalue weighted by atomic mass is 35.5. The van der Waals surface area contributed by atoms with E-state index in [0.29, 0.717) is 16.3 Å². The Morgan fingerprint density at radius 1 is 1.27 bits per heavy atom. The first-order valence-corrected chi connectivity index (χ1v) is 10.5. The maximum Gasteiger partial charge on any atom is 0.278 e. The van der Waals surface area contributed by atoms with E-state index in [2.05, 4.69) is 26.1 Å². The van der Waals surface area contributed by atoms with Crippen LogP contribution in [0.25, 0.3) is 5.69 Å². The van der Waals surface area contributed by atoms with Gasteiger partial charge in [0.25, 0.3) is 5.91 Å². The van der Waals surface area contributed by atoms with Crippen molar-refractivity contribution in [2.45, 2.75) is 27.4 Å². The van der Waals surface area contributed by atoms with Gasteiger partial charge in [-0.05, 0) is 57.2 Å². The second-order valence-electron chi connectivity index (χ2n) is 7.37. The topological polar surface area (TPSA) is 102 Å². The van der Waals surface area contributed by atoms with Crippen molar-refractivity contribution in [3.05, 3.63) is 75.2 Å². The van der Waals surface area contributed by atoms with E-state index in [1.807, 2.05) is 44.2 Å². The standard InChI is InChI=1S/C24H24ClN5O3/c1-15-9-19(13-32-4)22(11-26)24(28-15)33-14-23(31)29-27-12-18-10-16(2)30(17(18)3)21-7-5-20(25)6-8-21/h5-10,12H,13-14H2,1-4H3,(H,29,31)/b27-12-. The first kappa shape index (κ1) is 24.0. The van der Waals surface area contributed by atoms with Crippen LogP contribution in [-0.4, -0.2) is 35.4 Å². The predicted molar refractivity (Wildman–Crippen MR) is 126 cm³/mol. The highest BCUT2D eigenvalue weighted by Gasteiger charge is 2.14. The second-order valence-corrected chi connectivity index (χ2v) is 7.80. The Labute approximate surface area is 197 Å². The molecule has 0 aliphatic rings. The fourth-order valence-electron chi connectivity index (χ4n) is 3.45. The lowest BCUT2D eigenvalue weighted by Crippen LogP contribution is -2.25. The van der Waals surface area contributed by atoms with Gasteiger partial charge in [-0.25, -0.2) is 10.4 Å². The molecule has 0 aliphatic carbocycles. The maximum atomic E-state index is 12.2. The number of aromatic nitrogens is 2. The van der Waals surface area contributed by atoms with Crippen LogP contribution in [0.2, 0.25) is 5.02 Å². The smallest absolute Gasteiger partial charge is 0.278 e. The van der Waals surface area contributed by atoms with Crippen LogP contribution in [-0.2, 0) is 16.1 Å². The number of nitrogens with one attached hydrogen (secondary N) is 1. The number of halogens is 1. The summed E-state index contributed by atoms with van der Waals surface area (Å²) in [4.78, 5) is 16.4. The van der Waals surface area contributed by atoms with Crippen molar-refractivity contribution in [2.75, 3.05) is 13.7 Å². The van der Waals surface area contributed by atoms with Crippen molar-refractivity contribution in [1.82, 2.24) is 15.0 Å². The van der Waals surface area contributed by atoms with Gasteiger partial charge in [0, 0.05) is 46.0 Å². The molecule has 2 heterocycles. The molecule has 2 aromatic heterocycles. The van der Waals surface area contributed by atoms with Crippen LogP contribution < -0.4 is 10.2 Å². The minimum Gasteiger partial charge on any atom is -0.467 e. The third-order valence-corrected chi connectivity index (χ3v) is 5.15. The predicted octanol–water partition coefficient (Wildman–Crippen LogP) is 4.00. The number of hydrazone groups is 1. The molecule has 0 saturated carbocycles. The summed E-state index contributed by atoms with van der Waals surface area (Å²) in [7, 11) is 1.54. The first-order valence-electron chi connectivity index (χ1n) is 10.1. The average molecular weight is 466 g/mol. The molecular formula is C24H24ClN5O3. The molecule has 1 N–H and O–H groups in total. The van der Waals surface area contributed by atoms with Crippen LogP contribution in [0.1, 0.15) is 33.8 Å². The summed E-state index contributed by atoms with van der Waals surface area (Å²) >= 11 is 5.99. The summed E-state index contributed by atoms with van der Waals surface area (Å²) in [5.74, 6) is -0.381. The molecule has 3 aromatic rings. The number of nitrogens with zero attached hydrogens (tertiary/aromatic N) is 4. The van der Waals surface area contributed by atoms with Crippen LogP contribution in [0.4, 0.5) is 0 Å². The number of aryl methyl sites for hydroxylation is 2. The Hall–Kier alpha value is -3.67. The molecule has 0 fully saturated rings. The lowest BCUT2D eigenvalue weighted by atomic mass is 10.1. The fourth-order valence-corrected chi connectivity index (χ4v) is 3.58. The normalized spacial score (nSPS) is 10.9. The van der Waals surface area contributed by atoms with Gasteiger partial charge in [-0.15, -0.1) is 0 Å². The number of pyridine rings is 1. The number of carbonyl (C=O) groups excluding carboxylic acids is 1. The van der Waals surface area contributed by atoms with Gasteiger partial charge in [0.2, 0.25) is 5.88 Å². The Morgan fingerprint density at radius 3 is 2.67 bits per heavy atom. The van der Waals surface area contributed by atoms with E-state index >= 15 is 0 Å². The van der Waals surface area contributed by atoms with E-state index in [9.17, 15) is 10.1 Å². The number of hydrogen-bond acceptors (Lipinski definition) is 6. The third-order valence-electron chi connectivity index (χ3n) is 4.90. The Bertz CT molecular complexity index is 1230. The van der Waals surface area contributed by atoms with Gasteiger partial charge in [0.15, 0.2) is 6.61 Å². The number of nitriles is 1. The number of methoxy groups -OCH3 is 1. The van der Waals surface area contributed by atoms with Crippen LogP contribution >= 0.6 is 11.6 Å². The maximum absolute atomic E-state index is 12.2. The van der Waals surface area contributed by atoms with Crippen molar-refractivity contribution in [2.24, 2.45) is 5.10 Å².